The minimum Gasteiger partial charge on any atom is -0.354 e. The second kappa shape index (κ2) is 9.45. The highest BCUT2D eigenvalue weighted by Gasteiger charge is 2.29. The van der Waals surface area contributed by atoms with Crippen molar-refractivity contribution in [2.45, 2.75) is 29.0 Å². The first-order valence-corrected chi connectivity index (χ1v) is 10.4. The fraction of sp³-hybridized carbons (Fsp3) is 0.333. The van der Waals surface area contributed by atoms with Crippen LogP contribution in [-0.4, -0.2) is 48.6 Å². The van der Waals surface area contributed by atoms with Gasteiger partial charge in [0.05, 0.1) is 10.9 Å². The van der Waals surface area contributed by atoms with Crippen LogP contribution in [-0.2, 0) is 16.0 Å². The third-order valence-electron chi connectivity index (χ3n) is 4.71. The number of nitrogens with zero attached hydrogens (tertiary/aromatic N) is 1. The minimum absolute atomic E-state index is 0.120. The molecule has 2 atom stereocenters. The number of rotatable bonds is 7. The zero-order valence-corrected chi connectivity index (χ0v) is 17.5. The zero-order chi connectivity index (χ0) is 20.1. The summed E-state index contributed by atoms with van der Waals surface area (Å²) in [6, 6.07) is 15.8. The lowest BCUT2D eigenvalue weighted by molar-refractivity contribution is -0.124. The quantitative estimate of drug-likeness (QED) is 0.724. The summed E-state index contributed by atoms with van der Waals surface area (Å²) in [5.74, 6) is -0.284. The lowest BCUT2D eigenvalue weighted by Crippen LogP contribution is -2.43. The van der Waals surface area contributed by atoms with Crippen molar-refractivity contribution in [3.8, 4) is 0 Å². The van der Waals surface area contributed by atoms with Gasteiger partial charge in [-0.1, -0.05) is 41.9 Å². The van der Waals surface area contributed by atoms with Crippen LogP contribution in [0.15, 0.2) is 53.4 Å². The van der Waals surface area contributed by atoms with Gasteiger partial charge in [0, 0.05) is 28.9 Å². The summed E-state index contributed by atoms with van der Waals surface area (Å²) in [6.45, 7) is 0.534. The van der Waals surface area contributed by atoms with Crippen LogP contribution in [0.4, 0.5) is 5.69 Å². The first kappa shape index (κ1) is 20.7. The number of carbonyl (C=O) groups excluding carboxylic acids is 2. The number of amides is 2. The smallest absolute Gasteiger partial charge is 0.238 e. The van der Waals surface area contributed by atoms with Gasteiger partial charge in [-0.2, -0.15) is 0 Å². The third kappa shape index (κ3) is 5.50. The molecule has 1 heterocycles. The standard InChI is InChI=1S/C21H24ClN3O2S/c1-25(2)16(10-14-6-4-3-5-7-14)13-23-20(26)12-19-21(27)24-17-11-15(22)8-9-18(17)28-19/h3-9,11,16,19H,10,12-13H2,1-2H3,(H,23,26)(H,24,27)/t16-,19+/m1/s1. The summed E-state index contributed by atoms with van der Waals surface area (Å²) in [5, 5.41) is 5.96. The molecule has 0 aromatic heterocycles. The van der Waals surface area contributed by atoms with E-state index in [0.717, 1.165) is 11.3 Å². The maximum Gasteiger partial charge on any atom is 0.238 e. The highest BCUT2D eigenvalue weighted by Crippen LogP contribution is 2.38. The van der Waals surface area contributed by atoms with Crippen molar-refractivity contribution in [2.24, 2.45) is 0 Å². The lowest BCUT2D eigenvalue weighted by atomic mass is 10.1. The van der Waals surface area contributed by atoms with Gasteiger partial charge in [0.2, 0.25) is 11.8 Å². The fourth-order valence-corrected chi connectivity index (χ4v) is 4.32. The summed E-state index contributed by atoms with van der Waals surface area (Å²) < 4.78 is 0. The second-order valence-electron chi connectivity index (χ2n) is 7.05. The van der Waals surface area contributed by atoms with Crippen LogP contribution in [0.3, 0.4) is 0 Å². The van der Waals surface area contributed by atoms with Gasteiger partial charge in [-0.05, 0) is 44.3 Å². The third-order valence-corrected chi connectivity index (χ3v) is 6.22. The number of hydrogen-bond acceptors (Lipinski definition) is 4. The molecule has 2 amide bonds. The summed E-state index contributed by atoms with van der Waals surface area (Å²) in [5.41, 5.74) is 1.93. The molecule has 28 heavy (non-hydrogen) atoms. The average Bonchev–Trinajstić information content (AvgIpc) is 2.66. The summed E-state index contributed by atoms with van der Waals surface area (Å²) >= 11 is 7.37. The Kier molecular flexibility index (Phi) is 6.99. The molecule has 2 N–H and O–H groups in total. The van der Waals surface area contributed by atoms with E-state index < -0.39 is 5.25 Å². The normalized spacial score (nSPS) is 17.0. The summed E-state index contributed by atoms with van der Waals surface area (Å²) in [6.07, 6.45) is 0.991. The number of thioether (sulfide) groups is 1. The van der Waals surface area contributed by atoms with E-state index in [0.29, 0.717) is 17.3 Å². The maximum absolute atomic E-state index is 12.5. The predicted molar refractivity (Wildman–Crippen MR) is 115 cm³/mol. The van der Waals surface area contributed by atoms with Crippen LogP contribution < -0.4 is 10.6 Å². The molecule has 7 heteroatoms. The summed E-state index contributed by atoms with van der Waals surface area (Å²) in [7, 11) is 4.01. The van der Waals surface area contributed by atoms with Crippen LogP contribution in [0.25, 0.3) is 0 Å². The van der Waals surface area contributed by atoms with Gasteiger partial charge in [-0.3, -0.25) is 9.59 Å². The predicted octanol–water partition coefficient (Wildman–Crippen LogP) is 3.43. The topological polar surface area (TPSA) is 61.4 Å². The van der Waals surface area contributed by atoms with Crippen LogP contribution in [0, 0.1) is 0 Å². The molecule has 148 valence electrons. The van der Waals surface area contributed by atoms with E-state index in [4.69, 9.17) is 11.6 Å². The Hall–Kier alpha value is -2.02. The second-order valence-corrected chi connectivity index (χ2v) is 8.73. The molecule has 5 nitrogen and oxygen atoms in total. The first-order chi connectivity index (χ1) is 13.4. The van der Waals surface area contributed by atoms with Crippen LogP contribution in [0.1, 0.15) is 12.0 Å². The molecule has 0 spiro atoms. The largest absolute Gasteiger partial charge is 0.354 e. The Labute approximate surface area is 174 Å². The van der Waals surface area contributed by atoms with Gasteiger partial charge in [-0.25, -0.2) is 0 Å². The minimum atomic E-state index is -0.444. The number of nitrogens with one attached hydrogen (secondary N) is 2. The SMILES string of the molecule is CN(C)[C@@H](CNC(=O)C[C@@H]1Sc2ccc(Cl)cc2NC1=O)Cc1ccccc1. The number of hydrogen-bond donors (Lipinski definition) is 2. The van der Waals surface area contributed by atoms with Gasteiger partial charge in [0.15, 0.2) is 0 Å². The van der Waals surface area contributed by atoms with Crippen LogP contribution >= 0.6 is 23.4 Å². The molecular formula is C21H24ClN3O2S. The molecule has 3 rings (SSSR count). The molecule has 2 aromatic rings. The van der Waals surface area contributed by atoms with E-state index >= 15 is 0 Å². The number of anilines is 1. The van der Waals surface area contributed by atoms with Crippen molar-refractivity contribution in [2.75, 3.05) is 26.0 Å². The number of likely N-dealkylation sites (N-methyl/N-ethyl adjacent to an activating group) is 1. The maximum atomic E-state index is 12.5. The Morgan fingerprint density at radius 3 is 2.71 bits per heavy atom. The Morgan fingerprint density at radius 2 is 2.00 bits per heavy atom. The molecule has 0 saturated carbocycles. The van der Waals surface area contributed by atoms with Crippen molar-refractivity contribution in [1.29, 1.82) is 0 Å². The monoisotopic (exact) mass is 417 g/mol. The van der Waals surface area contributed by atoms with Crippen LogP contribution in [0.2, 0.25) is 5.02 Å². The van der Waals surface area contributed by atoms with Crippen molar-refractivity contribution >= 4 is 40.9 Å². The van der Waals surface area contributed by atoms with E-state index in [2.05, 4.69) is 27.7 Å². The van der Waals surface area contributed by atoms with Crippen LogP contribution in [0.5, 0.6) is 0 Å². The van der Waals surface area contributed by atoms with Gasteiger partial charge >= 0.3 is 0 Å². The molecule has 0 bridgehead atoms. The molecule has 0 unspecified atom stereocenters. The highest BCUT2D eigenvalue weighted by atomic mass is 35.5. The zero-order valence-electron chi connectivity index (χ0n) is 15.9. The fourth-order valence-electron chi connectivity index (χ4n) is 3.05. The molecule has 1 aliphatic rings. The van der Waals surface area contributed by atoms with E-state index in [9.17, 15) is 9.59 Å². The molecule has 0 fully saturated rings. The number of fused-ring (bicyclic) bond motifs is 1. The number of halogens is 1. The van der Waals surface area contributed by atoms with Crippen molar-refractivity contribution < 1.29 is 9.59 Å². The molecule has 2 aromatic carbocycles. The molecule has 0 saturated heterocycles. The van der Waals surface area contributed by atoms with Crippen molar-refractivity contribution in [3.05, 3.63) is 59.1 Å². The van der Waals surface area contributed by atoms with E-state index in [1.165, 1.54) is 17.3 Å². The van der Waals surface area contributed by atoms with Gasteiger partial charge in [-0.15, -0.1) is 11.8 Å². The summed E-state index contributed by atoms with van der Waals surface area (Å²) in [4.78, 5) is 27.8. The van der Waals surface area contributed by atoms with Gasteiger partial charge in [0.25, 0.3) is 0 Å². The molecular weight excluding hydrogens is 394 g/mol. The highest BCUT2D eigenvalue weighted by molar-refractivity contribution is 8.01. The molecule has 0 radical (unpaired) electrons. The lowest BCUT2D eigenvalue weighted by Gasteiger charge is -2.26. The van der Waals surface area contributed by atoms with Crippen molar-refractivity contribution in [1.82, 2.24) is 10.2 Å². The Balaban J connectivity index is 1.54. The van der Waals surface area contributed by atoms with E-state index in [1.54, 1.807) is 12.1 Å². The van der Waals surface area contributed by atoms with Gasteiger partial charge in [0.1, 0.15) is 0 Å². The van der Waals surface area contributed by atoms with E-state index in [-0.39, 0.29) is 24.3 Å². The average molecular weight is 418 g/mol. The first-order valence-electron chi connectivity index (χ1n) is 9.16. The number of carbonyl (C=O) groups is 2. The van der Waals surface area contributed by atoms with Gasteiger partial charge < -0.3 is 15.5 Å². The Bertz CT molecular complexity index is 845. The molecule has 0 aliphatic carbocycles. The van der Waals surface area contributed by atoms with E-state index in [1.807, 2.05) is 38.4 Å². The Morgan fingerprint density at radius 1 is 1.25 bits per heavy atom. The molecule has 1 aliphatic heterocycles. The number of benzene rings is 2. The van der Waals surface area contributed by atoms with Crippen molar-refractivity contribution in [3.63, 3.8) is 0 Å².